The SMILES string of the molecule is O=[N+]([O-])c1cccc(-c2nnc(CCl)s2)c1. The molecule has 0 aliphatic carbocycles. The van der Waals surface area contributed by atoms with Gasteiger partial charge in [-0.25, -0.2) is 0 Å². The van der Waals surface area contributed by atoms with Crippen LogP contribution in [-0.4, -0.2) is 15.1 Å². The summed E-state index contributed by atoms with van der Waals surface area (Å²) in [6, 6.07) is 6.28. The highest BCUT2D eigenvalue weighted by atomic mass is 35.5. The lowest BCUT2D eigenvalue weighted by Crippen LogP contribution is -1.87. The van der Waals surface area contributed by atoms with Gasteiger partial charge >= 0.3 is 0 Å². The zero-order chi connectivity index (χ0) is 11.5. The van der Waals surface area contributed by atoms with E-state index in [-0.39, 0.29) is 5.69 Å². The lowest BCUT2D eigenvalue weighted by atomic mass is 10.2. The number of halogens is 1. The molecule has 0 radical (unpaired) electrons. The van der Waals surface area contributed by atoms with Gasteiger partial charge in [0.05, 0.1) is 10.8 Å². The number of nitrogens with zero attached hydrogens (tertiary/aromatic N) is 3. The van der Waals surface area contributed by atoms with Crippen molar-refractivity contribution in [3.63, 3.8) is 0 Å². The molecule has 1 aromatic carbocycles. The van der Waals surface area contributed by atoms with Crippen LogP contribution in [0.25, 0.3) is 10.6 Å². The maximum Gasteiger partial charge on any atom is 0.270 e. The molecule has 16 heavy (non-hydrogen) atoms. The van der Waals surface area contributed by atoms with E-state index in [0.29, 0.717) is 21.5 Å². The summed E-state index contributed by atoms with van der Waals surface area (Å²) in [7, 11) is 0. The summed E-state index contributed by atoms with van der Waals surface area (Å²) < 4.78 is 0. The summed E-state index contributed by atoms with van der Waals surface area (Å²) in [6.45, 7) is 0. The fourth-order valence-electron chi connectivity index (χ4n) is 1.18. The lowest BCUT2D eigenvalue weighted by molar-refractivity contribution is -0.384. The first-order chi connectivity index (χ1) is 7.70. The minimum Gasteiger partial charge on any atom is -0.258 e. The van der Waals surface area contributed by atoms with Crippen LogP contribution in [-0.2, 0) is 5.88 Å². The highest BCUT2D eigenvalue weighted by Crippen LogP contribution is 2.26. The Hall–Kier alpha value is -1.53. The van der Waals surface area contributed by atoms with E-state index >= 15 is 0 Å². The van der Waals surface area contributed by atoms with Crippen LogP contribution in [0.5, 0.6) is 0 Å². The molecular formula is C9H6ClN3O2S. The molecule has 7 heteroatoms. The van der Waals surface area contributed by atoms with Crippen LogP contribution in [0.3, 0.4) is 0 Å². The quantitative estimate of drug-likeness (QED) is 0.480. The van der Waals surface area contributed by atoms with Gasteiger partial charge in [-0.05, 0) is 0 Å². The second-order valence-corrected chi connectivity index (χ2v) is 4.27. The number of nitro benzene ring substituents is 1. The van der Waals surface area contributed by atoms with E-state index in [4.69, 9.17) is 11.6 Å². The van der Waals surface area contributed by atoms with Crippen molar-refractivity contribution < 1.29 is 4.92 Å². The lowest BCUT2D eigenvalue weighted by Gasteiger charge is -1.94. The number of non-ortho nitro benzene ring substituents is 1. The third kappa shape index (κ3) is 2.17. The van der Waals surface area contributed by atoms with E-state index in [2.05, 4.69) is 10.2 Å². The largest absolute Gasteiger partial charge is 0.270 e. The summed E-state index contributed by atoms with van der Waals surface area (Å²) in [5, 5.41) is 19.7. The fraction of sp³-hybridized carbons (Fsp3) is 0.111. The van der Waals surface area contributed by atoms with Gasteiger partial charge in [-0.15, -0.1) is 21.8 Å². The maximum absolute atomic E-state index is 10.6. The van der Waals surface area contributed by atoms with Crippen molar-refractivity contribution in [3.05, 3.63) is 39.4 Å². The second kappa shape index (κ2) is 4.54. The first-order valence-corrected chi connectivity index (χ1v) is 5.69. The van der Waals surface area contributed by atoms with Crippen LogP contribution in [0, 0.1) is 10.1 Å². The molecule has 82 valence electrons. The zero-order valence-electron chi connectivity index (χ0n) is 7.96. The van der Waals surface area contributed by atoms with Gasteiger partial charge in [-0.1, -0.05) is 23.5 Å². The molecule has 0 saturated carbocycles. The first kappa shape index (κ1) is 11.0. The van der Waals surface area contributed by atoms with Crippen LogP contribution < -0.4 is 0 Å². The minimum atomic E-state index is -0.438. The maximum atomic E-state index is 10.6. The molecular weight excluding hydrogens is 250 g/mol. The Kier molecular flexibility index (Phi) is 3.12. The normalized spacial score (nSPS) is 10.3. The number of alkyl halides is 1. The van der Waals surface area contributed by atoms with Crippen LogP contribution in [0.4, 0.5) is 5.69 Å². The monoisotopic (exact) mass is 255 g/mol. The van der Waals surface area contributed by atoms with Gasteiger partial charge in [0.2, 0.25) is 0 Å². The first-order valence-electron chi connectivity index (χ1n) is 4.34. The van der Waals surface area contributed by atoms with E-state index in [1.165, 1.54) is 23.5 Å². The summed E-state index contributed by atoms with van der Waals surface area (Å²) >= 11 is 6.94. The molecule has 0 aliphatic heterocycles. The van der Waals surface area contributed by atoms with Gasteiger partial charge < -0.3 is 0 Å². The second-order valence-electron chi connectivity index (χ2n) is 2.94. The molecule has 0 N–H and O–H groups in total. The number of benzene rings is 1. The zero-order valence-corrected chi connectivity index (χ0v) is 9.53. The number of hydrogen-bond acceptors (Lipinski definition) is 5. The third-order valence-corrected chi connectivity index (χ3v) is 3.27. The molecule has 2 aromatic rings. The van der Waals surface area contributed by atoms with Crippen LogP contribution in [0.1, 0.15) is 5.01 Å². The van der Waals surface area contributed by atoms with Gasteiger partial charge in [0.1, 0.15) is 10.0 Å². The van der Waals surface area contributed by atoms with Crippen LogP contribution >= 0.6 is 22.9 Å². The Balaban J connectivity index is 2.40. The van der Waals surface area contributed by atoms with Gasteiger partial charge in [0.25, 0.3) is 5.69 Å². The predicted molar refractivity (Wildman–Crippen MR) is 61.6 cm³/mol. The number of nitro groups is 1. The molecule has 2 rings (SSSR count). The Morgan fingerprint density at radius 1 is 1.44 bits per heavy atom. The summed E-state index contributed by atoms with van der Waals surface area (Å²) in [5.74, 6) is 0.298. The molecule has 5 nitrogen and oxygen atoms in total. The number of hydrogen-bond donors (Lipinski definition) is 0. The molecule has 0 amide bonds. The van der Waals surface area contributed by atoms with E-state index < -0.39 is 4.92 Å². The van der Waals surface area contributed by atoms with Gasteiger partial charge in [0, 0.05) is 17.7 Å². The van der Waals surface area contributed by atoms with Crippen molar-refractivity contribution in [2.24, 2.45) is 0 Å². The molecule has 0 spiro atoms. The molecule has 0 aliphatic rings. The van der Waals surface area contributed by atoms with Crippen molar-refractivity contribution in [2.75, 3.05) is 0 Å². The van der Waals surface area contributed by atoms with E-state index in [9.17, 15) is 10.1 Å². The van der Waals surface area contributed by atoms with Crippen molar-refractivity contribution >= 4 is 28.6 Å². The fourth-order valence-corrected chi connectivity index (χ4v) is 2.08. The van der Waals surface area contributed by atoms with Crippen molar-refractivity contribution in [1.82, 2.24) is 10.2 Å². The number of rotatable bonds is 3. The Bertz CT molecular complexity index is 529. The molecule has 0 atom stereocenters. The Morgan fingerprint density at radius 3 is 2.88 bits per heavy atom. The molecule has 0 unspecified atom stereocenters. The Morgan fingerprint density at radius 2 is 2.25 bits per heavy atom. The number of aromatic nitrogens is 2. The third-order valence-electron chi connectivity index (χ3n) is 1.89. The average Bonchev–Trinajstić information content (AvgIpc) is 2.77. The minimum absolute atomic E-state index is 0.0418. The van der Waals surface area contributed by atoms with Gasteiger partial charge in [-0.2, -0.15) is 0 Å². The molecule has 1 aromatic heterocycles. The van der Waals surface area contributed by atoms with Gasteiger partial charge in [0.15, 0.2) is 0 Å². The molecule has 0 fully saturated rings. The van der Waals surface area contributed by atoms with E-state index in [1.807, 2.05) is 0 Å². The smallest absolute Gasteiger partial charge is 0.258 e. The summed E-state index contributed by atoms with van der Waals surface area (Å²) in [6.07, 6.45) is 0. The predicted octanol–water partition coefficient (Wildman–Crippen LogP) is 2.85. The molecule has 0 saturated heterocycles. The summed E-state index contributed by atoms with van der Waals surface area (Å²) in [4.78, 5) is 10.2. The van der Waals surface area contributed by atoms with Crippen LogP contribution in [0.2, 0.25) is 0 Å². The van der Waals surface area contributed by atoms with E-state index in [1.54, 1.807) is 12.1 Å². The summed E-state index contributed by atoms with van der Waals surface area (Å²) in [5.41, 5.74) is 0.725. The average molecular weight is 256 g/mol. The molecule has 0 bridgehead atoms. The van der Waals surface area contributed by atoms with Gasteiger partial charge in [-0.3, -0.25) is 10.1 Å². The highest BCUT2D eigenvalue weighted by molar-refractivity contribution is 7.14. The van der Waals surface area contributed by atoms with Crippen LogP contribution in [0.15, 0.2) is 24.3 Å². The highest BCUT2D eigenvalue weighted by Gasteiger charge is 2.10. The van der Waals surface area contributed by atoms with Crippen molar-refractivity contribution in [1.29, 1.82) is 0 Å². The van der Waals surface area contributed by atoms with E-state index in [0.717, 1.165) is 0 Å². The standard InChI is InChI=1S/C9H6ClN3O2S/c10-5-8-11-12-9(16-8)6-2-1-3-7(4-6)13(14)15/h1-4H,5H2. The Labute approximate surface area is 99.9 Å². The van der Waals surface area contributed by atoms with Crippen molar-refractivity contribution in [2.45, 2.75) is 5.88 Å². The molecule has 1 heterocycles. The topological polar surface area (TPSA) is 68.9 Å². The van der Waals surface area contributed by atoms with Crippen molar-refractivity contribution in [3.8, 4) is 10.6 Å².